The number of carbonyl (C=O) groups is 1. The molecule has 126 valence electrons. The van der Waals surface area contributed by atoms with E-state index in [-0.39, 0.29) is 5.91 Å². The Morgan fingerprint density at radius 3 is 2.50 bits per heavy atom. The van der Waals surface area contributed by atoms with E-state index in [0.717, 1.165) is 44.1 Å². The van der Waals surface area contributed by atoms with Crippen LogP contribution in [0.4, 0.5) is 0 Å². The molecule has 3 heterocycles. The van der Waals surface area contributed by atoms with Gasteiger partial charge in [-0.15, -0.1) is 0 Å². The van der Waals surface area contributed by atoms with Crippen LogP contribution in [0.25, 0.3) is 5.65 Å². The van der Waals surface area contributed by atoms with E-state index in [2.05, 4.69) is 14.9 Å². The highest BCUT2D eigenvalue weighted by atomic mass is 16.2. The Kier molecular flexibility index (Phi) is 3.33. The Morgan fingerprint density at radius 1 is 1.00 bits per heavy atom. The molecule has 1 aliphatic heterocycles. The lowest BCUT2D eigenvalue weighted by Gasteiger charge is -2.40. The van der Waals surface area contributed by atoms with Crippen LogP contribution in [0.3, 0.4) is 0 Å². The van der Waals surface area contributed by atoms with Crippen LogP contribution in [-0.4, -0.2) is 62.3 Å². The number of fused-ring (bicyclic) bond motifs is 3. The number of rotatable bonds is 2. The first kappa shape index (κ1) is 14.4. The molecule has 0 radical (unpaired) electrons. The second-order valence-electron chi connectivity index (χ2n) is 7.50. The van der Waals surface area contributed by atoms with Gasteiger partial charge in [0.25, 0.3) is 5.91 Å². The molecule has 0 N–H and O–H groups in total. The van der Waals surface area contributed by atoms with Gasteiger partial charge >= 0.3 is 0 Å². The van der Waals surface area contributed by atoms with Crippen LogP contribution in [0.15, 0.2) is 24.8 Å². The first-order chi connectivity index (χ1) is 11.8. The molecule has 2 aliphatic carbocycles. The molecule has 6 nitrogen and oxygen atoms in total. The van der Waals surface area contributed by atoms with Gasteiger partial charge in [0.2, 0.25) is 0 Å². The third-order valence-electron chi connectivity index (χ3n) is 6.29. The van der Waals surface area contributed by atoms with Gasteiger partial charge in [-0.3, -0.25) is 9.69 Å². The van der Waals surface area contributed by atoms with Crippen LogP contribution >= 0.6 is 0 Å². The highest BCUT2D eigenvalue weighted by Crippen LogP contribution is 2.46. The maximum Gasteiger partial charge on any atom is 0.276 e. The number of piperazine rings is 1. The van der Waals surface area contributed by atoms with Crippen LogP contribution in [0.2, 0.25) is 0 Å². The van der Waals surface area contributed by atoms with Crippen LogP contribution in [0.5, 0.6) is 0 Å². The Bertz CT molecular complexity index is 764. The Morgan fingerprint density at radius 2 is 1.79 bits per heavy atom. The molecule has 3 aliphatic rings. The molecule has 1 amide bonds. The van der Waals surface area contributed by atoms with Crippen LogP contribution in [0, 0.1) is 11.8 Å². The number of carbonyl (C=O) groups excluding carboxylic acids is 1. The smallest absolute Gasteiger partial charge is 0.276 e. The average molecular weight is 325 g/mol. The van der Waals surface area contributed by atoms with Crippen molar-refractivity contribution in [1.82, 2.24) is 24.2 Å². The Labute approximate surface area is 141 Å². The Balaban J connectivity index is 1.28. The maximum absolute atomic E-state index is 12.9. The minimum Gasteiger partial charge on any atom is -0.335 e. The molecule has 1 saturated heterocycles. The standard InChI is InChI=1S/C18H23N5O/c24-18(16-17-20-4-6-22(17)5-3-19-16)23-9-7-21(8-10-23)15-12-13-1-2-14(15)11-13/h3-6,13-15H,1-2,7-12H2. The van der Waals surface area contributed by atoms with Gasteiger partial charge in [0.15, 0.2) is 11.3 Å². The van der Waals surface area contributed by atoms with Gasteiger partial charge in [-0.1, -0.05) is 6.42 Å². The van der Waals surface area contributed by atoms with Gasteiger partial charge in [-0.25, -0.2) is 9.97 Å². The maximum atomic E-state index is 12.9. The lowest BCUT2D eigenvalue weighted by atomic mass is 9.93. The average Bonchev–Trinajstić information content (AvgIpc) is 3.36. The molecule has 0 spiro atoms. The Hall–Kier alpha value is -1.95. The lowest BCUT2D eigenvalue weighted by molar-refractivity contribution is 0.0492. The summed E-state index contributed by atoms with van der Waals surface area (Å²) in [5.74, 6) is 1.90. The fourth-order valence-electron chi connectivity index (χ4n) is 5.07. The van der Waals surface area contributed by atoms with Crippen LogP contribution in [0.1, 0.15) is 36.2 Å². The van der Waals surface area contributed by atoms with Gasteiger partial charge in [0.05, 0.1) is 0 Å². The minimum absolute atomic E-state index is 0.0133. The van der Waals surface area contributed by atoms with Crippen molar-refractivity contribution in [2.24, 2.45) is 11.8 Å². The third kappa shape index (κ3) is 2.24. The summed E-state index contributed by atoms with van der Waals surface area (Å²) in [4.78, 5) is 26.0. The molecule has 2 saturated carbocycles. The fourth-order valence-corrected chi connectivity index (χ4v) is 5.07. The summed E-state index contributed by atoms with van der Waals surface area (Å²) in [5, 5.41) is 0. The van der Waals surface area contributed by atoms with E-state index >= 15 is 0 Å². The van der Waals surface area contributed by atoms with E-state index in [1.54, 1.807) is 12.4 Å². The molecular formula is C18H23N5O. The molecule has 2 aromatic rings. The van der Waals surface area contributed by atoms with Crippen molar-refractivity contribution in [3.05, 3.63) is 30.5 Å². The highest BCUT2D eigenvalue weighted by molar-refractivity contribution is 5.97. The first-order valence-electron chi connectivity index (χ1n) is 9.10. The van der Waals surface area contributed by atoms with E-state index in [4.69, 9.17) is 0 Å². The third-order valence-corrected chi connectivity index (χ3v) is 6.29. The van der Waals surface area contributed by atoms with Crippen molar-refractivity contribution < 1.29 is 4.79 Å². The van der Waals surface area contributed by atoms with Crippen LogP contribution in [-0.2, 0) is 0 Å². The monoisotopic (exact) mass is 325 g/mol. The zero-order valence-corrected chi connectivity index (χ0v) is 13.8. The number of imidazole rings is 1. The molecule has 6 heteroatoms. The quantitative estimate of drug-likeness (QED) is 0.843. The van der Waals surface area contributed by atoms with Crippen molar-refractivity contribution in [2.45, 2.75) is 31.7 Å². The molecule has 3 unspecified atom stereocenters. The van der Waals surface area contributed by atoms with Gasteiger partial charge in [-0.2, -0.15) is 0 Å². The summed E-state index contributed by atoms with van der Waals surface area (Å²) >= 11 is 0. The van der Waals surface area contributed by atoms with Crippen molar-refractivity contribution >= 4 is 11.6 Å². The van der Waals surface area contributed by atoms with E-state index in [1.807, 2.05) is 21.7 Å². The van der Waals surface area contributed by atoms with Gasteiger partial charge in [0.1, 0.15) is 0 Å². The summed E-state index contributed by atoms with van der Waals surface area (Å²) in [7, 11) is 0. The topological polar surface area (TPSA) is 53.7 Å². The fraction of sp³-hybridized carbons (Fsp3) is 0.611. The van der Waals surface area contributed by atoms with Crippen LogP contribution < -0.4 is 0 Å². The molecule has 24 heavy (non-hydrogen) atoms. The predicted molar refractivity (Wildman–Crippen MR) is 89.7 cm³/mol. The SMILES string of the molecule is O=C(c1nccn2ccnc12)N1CCN(C2CC3CCC2C3)CC1. The second kappa shape index (κ2) is 5.55. The molecule has 3 atom stereocenters. The number of hydrogen-bond acceptors (Lipinski definition) is 4. The van der Waals surface area contributed by atoms with Crippen molar-refractivity contribution in [3.8, 4) is 0 Å². The minimum atomic E-state index is 0.0133. The zero-order valence-electron chi connectivity index (χ0n) is 13.8. The van der Waals surface area contributed by atoms with Gasteiger partial charge in [0, 0.05) is 57.0 Å². The largest absolute Gasteiger partial charge is 0.335 e. The summed E-state index contributed by atoms with van der Waals surface area (Å²) in [6, 6.07) is 0.773. The summed E-state index contributed by atoms with van der Waals surface area (Å²) < 4.78 is 1.85. The van der Waals surface area contributed by atoms with E-state index in [9.17, 15) is 4.79 Å². The number of nitrogens with zero attached hydrogens (tertiary/aromatic N) is 5. The molecule has 3 fully saturated rings. The van der Waals surface area contributed by atoms with Crippen molar-refractivity contribution in [2.75, 3.05) is 26.2 Å². The highest BCUT2D eigenvalue weighted by Gasteiger charge is 2.43. The van der Waals surface area contributed by atoms with E-state index in [1.165, 1.54) is 25.7 Å². The normalized spacial score (nSPS) is 30.3. The predicted octanol–water partition coefficient (Wildman–Crippen LogP) is 1.68. The lowest BCUT2D eigenvalue weighted by Crippen LogP contribution is -2.53. The first-order valence-corrected chi connectivity index (χ1v) is 9.10. The summed E-state index contributed by atoms with van der Waals surface area (Å²) in [6.07, 6.45) is 12.7. The molecule has 2 bridgehead atoms. The number of aromatic nitrogens is 3. The van der Waals surface area contributed by atoms with Crippen molar-refractivity contribution in [3.63, 3.8) is 0 Å². The van der Waals surface area contributed by atoms with E-state index in [0.29, 0.717) is 11.3 Å². The summed E-state index contributed by atoms with van der Waals surface area (Å²) in [5.41, 5.74) is 1.12. The molecule has 0 aromatic carbocycles. The molecular weight excluding hydrogens is 302 g/mol. The van der Waals surface area contributed by atoms with Crippen molar-refractivity contribution in [1.29, 1.82) is 0 Å². The van der Waals surface area contributed by atoms with Gasteiger partial charge in [-0.05, 0) is 31.1 Å². The molecule has 2 aromatic heterocycles. The summed E-state index contributed by atoms with van der Waals surface area (Å²) in [6.45, 7) is 3.60. The number of hydrogen-bond donors (Lipinski definition) is 0. The van der Waals surface area contributed by atoms with E-state index < -0.39 is 0 Å². The number of amides is 1. The molecule has 5 rings (SSSR count). The second-order valence-corrected chi connectivity index (χ2v) is 7.50. The zero-order chi connectivity index (χ0) is 16.1. The van der Waals surface area contributed by atoms with Gasteiger partial charge < -0.3 is 9.30 Å².